The Balaban J connectivity index is 1.60. The molecule has 1 unspecified atom stereocenters. The standard InChI is InChI=1S/C46H80NO10P/c1-6-8-20-26-40-34-37(3)42(55-40)27-22-16-12-10-11-13-18-24-30-45(48)52-35-41(36-54-58(50,51)53-33-32-47)56-46(49)31-25-19-15-14-17-23-29-44-39(5)38(4)43(57-44)28-21-9-7-2/h34,41H,6-33,35-36,47H2,1-5H3,(H,50,51)/t41-/m1/s1. The minimum Gasteiger partial charge on any atom is -0.466 e. The second-order valence-corrected chi connectivity index (χ2v) is 17.5. The first-order chi connectivity index (χ1) is 28.0. The van der Waals surface area contributed by atoms with Crippen LogP contribution in [0.3, 0.4) is 0 Å². The fourth-order valence-corrected chi connectivity index (χ4v) is 7.89. The normalized spacial score (nSPS) is 13.2. The van der Waals surface area contributed by atoms with Crippen LogP contribution in [0, 0.1) is 20.8 Å². The average Bonchev–Trinajstić information content (AvgIpc) is 3.69. The number of nitrogens with two attached hydrogens (primary N) is 1. The molecular formula is C46H80NO10P. The van der Waals surface area contributed by atoms with Gasteiger partial charge in [-0.25, -0.2) is 4.57 Å². The van der Waals surface area contributed by atoms with Crippen LogP contribution in [-0.2, 0) is 58.4 Å². The quantitative estimate of drug-likeness (QED) is 0.0378. The van der Waals surface area contributed by atoms with E-state index in [1.807, 2.05) is 0 Å². The Labute approximate surface area is 350 Å². The van der Waals surface area contributed by atoms with Crippen molar-refractivity contribution in [3.63, 3.8) is 0 Å². The number of esters is 2. The number of hydrogen-bond donors (Lipinski definition) is 2. The second-order valence-electron chi connectivity index (χ2n) is 16.1. The van der Waals surface area contributed by atoms with E-state index in [0.29, 0.717) is 12.8 Å². The molecule has 2 aromatic rings. The zero-order valence-electron chi connectivity index (χ0n) is 37.0. The summed E-state index contributed by atoms with van der Waals surface area (Å²) in [6.45, 7) is 10.1. The number of phosphoric acid groups is 1. The van der Waals surface area contributed by atoms with Gasteiger partial charge in [-0.1, -0.05) is 104 Å². The average molecular weight is 838 g/mol. The molecule has 0 spiro atoms. The van der Waals surface area contributed by atoms with E-state index in [4.69, 9.17) is 33.1 Å². The van der Waals surface area contributed by atoms with Crippen molar-refractivity contribution in [2.75, 3.05) is 26.4 Å². The SMILES string of the molecule is CCCCCc1cc(C)c(CCCCCCCCCCC(=O)OC[C@H](COP(=O)(O)OCCN)OC(=O)CCCCCCCCc2oc(CCCCC)c(C)c2C)o1. The second kappa shape index (κ2) is 31.4. The Bertz CT molecular complexity index is 1440. The van der Waals surface area contributed by atoms with E-state index >= 15 is 0 Å². The molecule has 2 atom stereocenters. The first-order valence-electron chi connectivity index (χ1n) is 22.8. The molecular weight excluding hydrogens is 757 g/mol. The Hall–Kier alpha value is -2.43. The zero-order valence-corrected chi connectivity index (χ0v) is 37.9. The van der Waals surface area contributed by atoms with Crippen LogP contribution in [-0.4, -0.2) is 49.3 Å². The number of ether oxygens (including phenoxy) is 2. The van der Waals surface area contributed by atoms with E-state index in [0.717, 1.165) is 107 Å². The molecule has 0 radical (unpaired) electrons. The summed E-state index contributed by atoms with van der Waals surface area (Å²) in [5, 5.41) is 0. The zero-order chi connectivity index (χ0) is 42.4. The molecule has 0 saturated heterocycles. The maximum atomic E-state index is 12.7. The highest BCUT2D eigenvalue weighted by Gasteiger charge is 2.26. The smallest absolute Gasteiger partial charge is 0.466 e. The Morgan fingerprint density at radius 1 is 0.638 bits per heavy atom. The fourth-order valence-electron chi connectivity index (χ4n) is 7.12. The maximum Gasteiger partial charge on any atom is 0.472 e. The summed E-state index contributed by atoms with van der Waals surface area (Å²) in [5.41, 5.74) is 9.24. The van der Waals surface area contributed by atoms with Crippen LogP contribution in [0.5, 0.6) is 0 Å². The van der Waals surface area contributed by atoms with Crippen molar-refractivity contribution < 1.29 is 46.4 Å². The third-order valence-electron chi connectivity index (χ3n) is 10.8. The molecule has 0 aliphatic carbocycles. The Morgan fingerprint density at radius 2 is 1.12 bits per heavy atom. The van der Waals surface area contributed by atoms with Gasteiger partial charge < -0.3 is 28.9 Å². The van der Waals surface area contributed by atoms with Gasteiger partial charge in [-0.3, -0.25) is 18.6 Å². The minimum atomic E-state index is -4.40. The molecule has 58 heavy (non-hydrogen) atoms. The lowest BCUT2D eigenvalue weighted by molar-refractivity contribution is -0.161. The van der Waals surface area contributed by atoms with Crippen LogP contribution in [0.25, 0.3) is 0 Å². The molecule has 0 aliphatic rings. The lowest BCUT2D eigenvalue weighted by atomic mass is 10.0. The molecule has 12 heteroatoms. The molecule has 0 aromatic carbocycles. The number of carbonyl (C=O) groups is 2. The fraction of sp³-hybridized carbons (Fsp3) is 0.783. The van der Waals surface area contributed by atoms with Gasteiger partial charge in [0.2, 0.25) is 0 Å². The van der Waals surface area contributed by atoms with Gasteiger partial charge in [-0.2, -0.15) is 0 Å². The highest BCUT2D eigenvalue weighted by Crippen LogP contribution is 2.43. The highest BCUT2D eigenvalue weighted by molar-refractivity contribution is 7.47. The number of phosphoric ester groups is 1. The Kier molecular flexibility index (Phi) is 28.0. The van der Waals surface area contributed by atoms with Crippen LogP contribution in [0.1, 0.15) is 195 Å². The molecule has 11 nitrogen and oxygen atoms in total. The predicted molar refractivity (Wildman–Crippen MR) is 231 cm³/mol. The van der Waals surface area contributed by atoms with E-state index in [-0.39, 0.29) is 32.6 Å². The van der Waals surface area contributed by atoms with Crippen LogP contribution in [0.2, 0.25) is 0 Å². The number of furan rings is 2. The van der Waals surface area contributed by atoms with Gasteiger partial charge in [0.25, 0.3) is 0 Å². The topological polar surface area (TPSA) is 161 Å². The number of rotatable bonds is 37. The monoisotopic (exact) mass is 838 g/mol. The Morgan fingerprint density at radius 3 is 1.67 bits per heavy atom. The number of aryl methyl sites for hydroxylation is 5. The molecule has 2 heterocycles. The molecule has 0 saturated carbocycles. The van der Waals surface area contributed by atoms with Gasteiger partial charge in [0.05, 0.1) is 13.2 Å². The van der Waals surface area contributed by atoms with E-state index in [2.05, 4.69) is 40.7 Å². The summed E-state index contributed by atoms with van der Waals surface area (Å²) >= 11 is 0. The van der Waals surface area contributed by atoms with Crippen molar-refractivity contribution in [3.05, 3.63) is 45.8 Å². The molecule has 0 aliphatic heterocycles. The van der Waals surface area contributed by atoms with Gasteiger partial charge in [0, 0.05) is 45.1 Å². The van der Waals surface area contributed by atoms with E-state index in [1.54, 1.807) is 0 Å². The molecule has 334 valence electrons. The van der Waals surface area contributed by atoms with E-state index in [1.165, 1.54) is 74.5 Å². The van der Waals surface area contributed by atoms with E-state index in [9.17, 15) is 19.0 Å². The van der Waals surface area contributed by atoms with Gasteiger partial charge in [-0.05, 0) is 82.1 Å². The van der Waals surface area contributed by atoms with Crippen molar-refractivity contribution in [1.82, 2.24) is 0 Å². The van der Waals surface area contributed by atoms with Crippen molar-refractivity contribution >= 4 is 19.8 Å². The van der Waals surface area contributed by atoms with Gasteiger partial charge >= 0.3 is 19.8 Å². The summed E-state index contributed by atoms with van der Waals surface area (Å²) in [6, 6.07) is 2.21. The van der Waals surface area contributed by atoms with Crippen LogP contribution in [0.15, 0.2) is 14.9 Å². The molecule has 0 fully saturated rings. The number of hydrogen-bond acceptors (Lipinski definition) is 10. The summed E-state index contributed by atoms with van der Waals surface area (Å²) in [7, 11) is -4.40. The van der Waals surface area contributed by atoms with Crippen molar-refractivity contribution in [3.8, 4) is 0 Å². The summed E-state index contributed by atoms with van der Waals surface area (Å²) in [4.78, 5) is 35.1. The van der Waals surface area contributed by atoms with Crippen LogP contribution < -0.4 is 5.73 Å². The van der Waals surface area contributed by atoms with Crippen LogP contribution >= 0.6 is 7.82 Å². The summed E-state index contributed by atoms with van der Waals surface area (Å²) < 4.78 is 45.2. The number of carbonyl (C=O) groups excluding carboxylic acids is 2. The van der Waals surface area contributed by atoms with Gasteiger partial charge in [-0.15, -0.1) is 0 Å². The van der Waals surface area contributed by atoms with Gasteiger partial charge in [0.1, 0.15) is 29.6 Å². The van der Waals surface area contributed by atoms with Crippen molar-refractivity contribution in [2.24, 2.45) is 5.73 Å². The lowest BCUT2D eigenvalue weighted by Gasteiger charge is -2.19. The van der Waals surface area contributed by atoms with Crippen molar-refractivity contribution in [2.45, 2.75) is 208 Å². The molecule has 2 rings (SSSR count). The summed E-state index contributed by atoms with van der Waals surface area (Å²) in [5.74, 6) is 3.66. The first-order valence-corrected chi connectivity index (χ1v) is 24.3. The minimum absolute atomic E-state index is 0.0412. The third kappa shape index (κ3) is 23.4. The van der Waals surface area contributed by atoms with E-state index < -0.39 is 32.5 Å². The van der Waals surface area contributed by atoms with Crippen LogP contribution in [0.4, 0.5) is 0 Å². The molecule has 0 amide bonds. The molecule has 2 aromatic heterocycles. The largest absolute Gasteiger partial charge is 0.472 e. The molecule has 3 N–H and O–H groups in total. The van der Waals surface area contributed by atoms with Crippen molar-refractivity contribution in [1.29, 1.82) is 0 Å². The molecule has 0 bridgehead atoms. The highest BCUT2D eigenvalue weighted by atomic mass is 31.2. The maximum absolute atomic E-state index is 12.7. The predicted octanol–water partition coefficient (Wildman–Crippen LogP) is 11.8. The number of unbranched alkanes of at least 4 members (excludes halogenated alkanes) is 16. The first kappa shape index (κ1) is 51.7. The summed E-state index contributed by atoms with van der Waals surface area (Å²) in [6.07, 6.45) is 25.0. The third-order valence-corrected chi connectivity index (χ3v) is 11.8. The lowest BCUT2D eigenvalue weighted by Crippen LogP contribution is -2.29. The van der Waals surface area contributed by atoms with Gasteiger partial charge in [0.15, 0.2) is 6.10 Å².